The van der Waals surface area contributed by atoms with Crippen LogP contribution in [0.1, 0.15) is 24.2 Å². The number of rotatable bonds is 4. The van der Waals surface area contributed by atoms with Crippen molar-refractivity contribution in [3.63, 3.8) is 0 Å². The molecule has 4 nitrogen and oxygen atoms in total. The van der Waals surface area contributed by atoms with Crippen LogP contribution in [0, 0.1) is 6.92 Å². The average molecular weight is 243 g/mol. The van der Waals surface area contributed by atoms with Gasteiger partial charge >= 0.3 is 0 Å². The number of nitrogens with zero attached hydrogens (tertiary/aromatic N) is 2. The summed E-state index contributed by atoms with van der Waals surface area (Å²) < 4.78 is 1.69. The van der Waals surface area contributed by atoms with Crippen LogP contribution in [-0.4, -0.2) is 15.7 Å². The van der Waals surface area contributed by atoms with E-state index in [1.165, 1.54) is 0 Å². The Morgan fingerprint density at radius 3 is 2.67 bits per heavy atom. The summed E-state index contributed by atoms with van der Waals surface area (Å²) in [6, 6.07) is 11.8. The van der Waals surface area contributed by atoms with Crippen LogP contribution in [0.4, 0.5) is 0 Å². The first-order chi connectivity index (χ1) is 8.66. The molecule has 4 heteroatoms. The number of benzene rings is 1. The highest BCUT2D eigenvalue weighted by Gasteiger charge is 2.10. The zero-order valence-corrected chi connectivity index (χ0v) is 10.6. The van der Waals surface area contributed by atoms with E-state index in [1.807, 2.05) is 50.2 Å². The Hall–Kier alpha value is -2.10. The van der Waals surface area contributed by atoms with E-state index < -0.39 is 0 Å². The number of amides is 1. The average Bonchev–Trinajstić information content (AvgIpc) is 2.76. The molecule has 94 valence electrons. The maximum Gasteiger partial charge on any atom is 0.242 e. The van der Waals surface area contributed by atoms with Crippen LogP contribution in [0.25, 0.3) is 0 Å². The highest BCUT2D eigenvalue weighted by Crippen LogP contribution is 2.10. The summed E-state index contributed by atoms with van der Waals surface area (Å²) in [5.74, 6) is -0.0295. The van der Waals surface area contributed by atoms with E-state index in [2.05, 4.69) is 10.4 Å². The second-order valence-electron chi connectivity index (χ2n) is 4.33. The molecule has 1 unspecified atom stereocenters. The third-order valence-corrected chi connectivity index (χ3v) is 2.90. The summed E-state index contributed by atoms with van der Waals surface area (Å²) in [4.78, 5) is 11.9. The smallest absolute Gasteiger partial charge is 0.242 e. The van der Waals surface area contributed by atoms with Crippen molar-refractivity contribution in [3.05, 3.63) is 53.9 Å². The highest BCUT2D eigenvalue weighted by molar-refractivity contribution is 5.76. The molecule has 0 aliphatic carbocycles. The van der Waals surface area contributed by atoms with Crippen LogP contribution in [0.5, 0.6) is 0 Å². The van der Waals surface area contributed by atoms with Crippen molar-refractivity contribution in [1.82, 2.24) is 15.1 Å². The van der Waals surface area contributed by atoms with Crippen LogP contribution in [-0.2, 0) is 11.3 Å². The molecular weight excluding hydrogens is 226 g/mol. The van der Waals surface area contributed by atoms with Crippen LogP contribution >= 0.6 is 0 Å². The zero-order chi connectivity index (χ0) is 13.0. The molecule has 0 saturated carbocycles. The van der Waals surface area contributed by atoms with Gasteiger partial charge in [-0.1, -0.05) is 30.3 Å². The summed E-state index contributed by atoms with van der Waals surface area (Å²) in [6.07, 6.45) is 1.70. The third kappa shape index (κ3) is 2.97. The second kappa shape index (κ2) is 5.49. The maximum atomic E-state index is 11.9. The van der Waals surface area contributed by atoms with E-state index in [9.17, 15) is 4.79 Å². The van der Waals surface area contributed by atoms with Crippen molar-refractivity contribution < 1.29 is 4.79 Å². The van der Waals surface area contributed by atoms with Gasteiger partial charge in [-0.15, -0.1) is 0 Å². The van der Waals surface area contributed by atoms with Crippen LogP contribution in [0.3, 0.4) is 0 Å². The van der Waals surface area contributed by atoms with Gasteiger partial charge in [0.2, 0.25) is 5.91 Å². The monoisotopic (exact) mass is 243 g/mol. The lowest BCUT2D eigenvalue weighted by Gasteiger charge is -2.14. The Labute approximate surface area is 107 Å². The minimum absolute atomic E-state index is 0.00886. The Morgan fingerprint density at radius 1 is 1.33 bits per heavy atom. The Bertz CT molecular complexity index is 519. The number of nitrogens with one attached hydrogen (secondary N) is 1. The molecular formula is C14H17N3O. The van der Waals surface area contributed by atoms with E-state index in [4.69, 9.17) is 0 Å². The summed E-state index contributed by atoms with van der Waals surface area (Å²) in [5, 5.41) is 7.05. The molecule has 0 aliphatic heterocycles. The SMILES string of the molecule is Cc1ccnn1CC(=O)NC(C)c1ccccc1. The number of hydrogen-bond acceptors (Lipinski definition) is 2. The van der Waals surface area contributed by atoms with E-state index in [-0.39, 0.29) is 18.5 Å². The number of hydrogen-bond donors (Lipinski definition) is 1. The number of aromatic nitrogens is 2. The Morgan fingerprint density at radius 2 is 2.06 bits per heavy atom. The van der Waals surface area contributed by atoms with Crippen LogP contribution in [0.2, 0.25) is 0 Å². The predicted octanol–water partition coefficient (Wildman–Crippen LogP) is 2.07. The van der Waals surface area contributed by atoms with Crippen LogP contribution < -0.4 is 5.32 Å². The number of carbonyl (C=O) groups excluding carboxylic acids is 1. The fourth-order valence-electron chi connectivity index (χ4n) is 1.81. The molecule has 0 bridgehead atoms. The summed E-state index contributed by atoms with van der Waals surface area (Å²) >= 11 is 0. The van der Waals surface area contributed by atoms with Gasteiger partial charge in [-0.2, -0.15) is 5.10 Å². The van der Waals surface area contributed by atoms with E-state index in [0.29, 0.717) is 0 Å². The summed E-state index contributed by atoms with van der Waals surface area (Å²) in [6.45, 7) is 4.17. The lowest BCUT2D eigenvalue weighted by molar-refractivity contribution is -0.122. The molecule has 0 aliphatic rings. The van der Waals surface area contributed by atoms with Crippen molar-refractivity contribution in [3.8, 4) is 0 Å². The first-order valence-corrected chi connectivity index (χ1v) is 5.99. The van der Waals surface area contributed by atoms with Crippen molar-refractivity contribution in [2.24, 2.45) is 0 Å². The van der Waals surface area contributed by atoms with Gasteiger partial charge in [0.15, 0.2) is 0 Å². The molecule has 0 saturated heterocycles. The van der Waals surface area contributed by atoms with Crippen molar-refractivity contribution in [2.75, 3.05) is 0 Å². The van der Waals surface area contributed by atoms with Crippen molar-refractivity contribution in [1.29, 1.82) is 0 Å². The van der Waals surface area contributed by atoms with Gasteiger partial charge in [0.05, 0.1) is 6.04 Å². The molecule has 0 radical (unpaired) electrons. The minimum atomic E-state index is -0.0295. The van der Waals surface area contributed by atoms with Gasteiger partial charge in [0.25, 0.3) is 0 Å². The predicted molar refractivity (Wildman–Crippen MR) is 70.0 cm³/mol. The fraction of sp³-hybridized carbons (Fsp3) is 0.286. The largest absolute Gasteiger partial charge is 0.348 e. The van der Waals surface area contributed by atoms with Crippen molar-refractivity contribution in [2.45, 2.75) is 26.4 Å². The summed E-state index contributed by atoms with van der Waals surface area (Å²) in [5.41, 5.74) is 2.08. The van der Waals surface area contributed by atoms with Gasteiger partial charge in [-0.25, -0.2) is 0 Å². The molecule has 0 fully saturated rings. The van der Waals surface area contributed by atoms with Gasteiger partial charge in [-0.05, 0) is 25.5 Å². The highest BCUT2D eigenvalue weighted by atomic mass is 16.2. The van der Waals surface area contributed by atoms with E-state index in [1.54, 1.807) is 10.9 Å². The van der Waals surface area contributed by atoms with E-state index >= 15 is 0 Å². The van der Waals surface area contributed by atoms with E-state index in [0.717, 1.165) is 11.3 Å². The summed E-state index contributed by atoms with van der Waals surface area (Å²) in [7, 11) is 0. The third-order valence-electron chi connectivity index (χ3n) is 2.90. The lowest BCUT2D eigenvalue weighted by Crippen LogP contribution is -2.30. The second-order valence-corrected chi connectivity index (χ2v) is 4.33. The topological polar surface area (TPSA) is 46.9 Å². The molecule has 1 amide bonds. The number of carbonyl (C=O) groups is 1. The fourth-order valence-corrected chi connectivity index (χ4v) is 1.81. The van der Waals surface area contributed by atoms with Crippen LogP contribution in [0.15, 0.2) is 42.6 Å². The van der Waals surface area contributed by atoms with Crippen molar-refractivity contribution >= 4 is 5.91 Å². The standard InChI is InChI=1S/C14H17N3O/c1-11-8-9-15-17(11)10-14(18)16-12(2)13-6-4-3-5-7-13/h3-9,12H,10H2,1-2H3,(H,16,18). The quantitative estimate of drug-likeness (QED) is 0.893. The van der Waals surface area contributed by atoms with Gasteiger partial charge < -0.3 is 5.32 Å². The lowest BCUT2D eigenvalue weighted by atomic mass is 10.1. The molecule has 2 rings (SSSR count). The molecule has 18 heavy (non-hydrogen) atoms. The van der Waals surface area contributed by atoms with Gasteiger partial charge in [-0.3, -0.25) is 9.48 Å². The molecule has 1 heterocycles. The normalized spacial score (nSPS) is 12.1. The molecule has 1 N–H and O–H groups in total. The molecule has 0 spiro atoms. The zero-order valence-electron chi connectivity index (χ0n) is 10.6. The maximum absolute atomic E-state index is 11.9. The van der Waals surface area contributed by atoms with Gasteiger partial charge in [0, 0.05) is 11.9 Å². The molecule has 1 aromatic carbocycles. The first kappa shape index (κ1) is 12.4. The first-order valence-electron chi connectivity index (χ1n) is 5.99. The number of aryl methyl sites for hydroxylation is 1. The molecule has 1 atom stereocenters. The minimum Gasteiger partial charge on any atom is -0.348 e. The van der Waals surface area contributed by atoms with Gasteiger partial charge in [0.1, 0.15) is 6.54 Å². The molecule has 2 aromatic rings. The Balaban J connectivity index is 1.94. The Kier molecular flexibility index (Phi) is 3.77. The molecule has 1 aromatic heterocycles.